The van der Waals surface area contributed by atoms with Crippen molar-refractivity contribution in [3.63, 3.8) is 0 Å². The molecule has 1 unspecified atom stereocenters. The lowest BCUT2D eigenvalue weighted by Gasteiger charge is -2.17. The summed E-state index contributed by atoms with van der Waals surface area (Å²) in [5, 5.41) is 6.05. The molecule has 4 heteroatoms. The van der Waals surface area contributed by atoms with Crippen molar-refractivity contribution < 1.29 is 4.79 Å². The first-order valence-corrected chi connectivity index (χ1v) is 6.72. The topological polar surface area (TPSA) is 32.7 Å². The van der Waals surface area contributed by atoms with Crippen LogP contribution in [0.3, 0.4) is 0 Å². The van der Waals surface area contributed by atoms with Crippen LogP contribution in [0.4, 0.5) is 5.69 Å². The van der Waals surface area contributed by atoms with Crippen molar-refractivity contribution in [2.24, 2.45) is 11.0 Å². The normalized spacial score (nSPS) is 23.6. The third kappa shape index (κ3) is 1.90. The lowest BCUT2D eigenvalue weighted by atomic mass is 9.87. The SMILES string of the molecule is O=C1C2CCCCC2=NN1c1cccc(Br)c1. The van der Waals surface area contributed by atoms with E-state index >= 15 is 0 Å². The molecule has 0 radical (unpaired) electrons. The highest BCUT2D eigenvalue weighted by Crippen LogP contribution is 2.32. The van der Waals surface area contributed by atoms with Crippen LogP contribution in [0.15, 0.2) is 33.8 Å². The predicted octanol–water partition coefficient (Wildman–Crippen LogP) is 3.34. The summed E-state index contributed by atoms with van der Waals surface area (Å²) in [5.41, 5.74) is 1.92. The summed E-state index contributed by atoms with van der Waals surface area (Å²) < 4.78 is 0.970. The summed E-state index contributed by atoms with van der Waals surface area (Å²) in [7, 11) is 0. The Bertz CT molecular complexity index is 498. The molecule has 0 saturated heterocycles. The van der Waals surface area contributed by atoms with Gasteiger partial charge in [-0.1, -0.05) is 28.4 Å². The monoisotopic (exact) mass is 292 g/mol. The average molecular weight is 293 g/mol. The van der Waals surface area contributed by atoms with Gasteiger partial charge in [-0.25, -0.2) is 5.01 Å². The van der Waals surface area contributed by atoms with Crippen molar-refractivity contribution in [3.8, 4) is 0 Å². The maximum absolute atomic E-state index is 12.2. The number of nitrogens with zero attached hydrogens (tertiary/aromatic N) is 2. The van der Waals surface area contributed by atoms with Crippen LogP contribution >= 0.6 is 15.9 Å². The maximum atomic E-state index is 12.2. The highest BCUT2D eigenvalue weighted by atomic mass is 79.9. The Labute approximate surface area is 109 Å². The number of hydrazone groups is 1. The van der Waals surface area contributed by atoms with Crippen LogP contribution < -0.4 is 5.01 Å². The summed E-state index contributed by atoms with van der Waals surface area (Å²) in [5.74, 6) is 0.181. The van der Waals surface area contributed by atoms with Gasteiger partial charge in [-0.05, 0) is 37.5 Å². The molecule has 1 amide bonds. The molecule has 0 N–H and O–H groups in total. The number of carbonyl (C=O) groups excluding carboxylic acids is 1. The highest BCUT2D eigenvalue weighted by molar-refractivity contribution is 9.10. The molecule has 1 atom stereocenters. The van der Waals surface area contributed by atoms with Crippen LogP contribution in [-0.2, 0) is 4.79 Å². The molecule has 0 spiro atoms. The van der Waals surface area contributed by atoms with Gasteiger partial charge in [0.15, 0.2) is 0 Å². The number of benzene rings is 1. The molecule has 1 fully saturated rings. The van der Waals surface area contributed by atoms with Crippen molar-refractivity contribution in [2.45, 2.75) is 25.7 Å². The Morgan fingerprint density at radius 2 is 2.24 bits per heavy atom. The van der Waals surface area contributed by atoms with E-state index in [-0.39, 0.29) is 11.8 Å². The first-order valence-electron chi connectivity index (χ1n) is 5.92. The molecule has 1 saturated carbocycles. The van der Waals surface area contributed by atoms with Crippen LogP contribution in [0.5, 0.6) is 0 Å². The number of halogens is 1. The molecule has 88 valence electrons. The number of anilines is 1. The lowest BCUT2D eigenvalue weighted by molar-refractivity contribution is -0.120. The standard InChI is InChI=1S/C13H13BrN2O/c14-9-4-3-5-10(8-9)16-13(17)11-6-1-2-7-12(11)15-16/h3-5,8,11H,1-2,6-7H2. The lowest BCUT2D eigenvalue weighted by Crippen LogP contribution is -2.28. The molecule has 1 aromatic rings. The van der Waals surface area contributed by atoms with Gasteiger partial charge in [0, 0.05) is 4.47 Å². The quantitative estimate of drug-likeness (QED) is 0.781. The van der Waals surface area contributed by atoms with E-state index in [0.29, 0.717) is 0 Å². The minimum atomic E-state index is 0.0442. The van der Waals surface area contributed by atoms with Crippen LogP contribution in [0.25, 0.3) is 0 Å². The molecule has 1 aliphatic heterocycles. The molecular formula is C13H13BrN2O. The van der Waals surface area contributed by atoms with E-state index in [0.717, 1.165) is 41.6 Å². The fourth-order valence-electron chi connectivity index (χ4n) is 2.50. The van der Waals surface area contributed by atoms with E-state index < -0.39 is 0 Å². The maximum Gasteiger partial charge on any atom is 0.256 e. The predicted molar refractivity (Wildman–Crippen MR) is 71.0 cm³/mol. The Kier molecular flexibility index (Phi) is 2.74. The summed E-state index contributed by atoms with van der Waals surface area (Å²) in [6, 6.07) is 7.72. The van der Waals surface area contributed by atoms with Crippen molar-refractivity contribution >= 4 is 33.2 Å². The molecule has 3 rings (SSSR count). The molecule has 1 aliphatic carbocycles. The fraction of sp³-hybridized carbons (Fsp3) is 0.385. The number of amides is 1. The Morgan fingerprint density at radius 1 is 1.35 bits per heavy atom. The van der Waals surface area contributed by atoms with Gasteiger partial charge < -0.3 is 0 Å². The van der Waals surface area contributed by atoms with Crippen molar-refractivity contribution in [1.82, 2.24) is 0 Å². The number of carbonyl (C=O) groups is 1. The van der Waals surface area contributed by atoms with Crippen molar-refractivity contribution in [1.29, 1.82) is 0 Å². The number of rotatable bonds is 1. The second-order valence-electron chi connectivity index (χ2n) is 4.52. The van der Waals surface area contributed by atoms with Crippen molar-refractivity contribution in [2.75, 3.05) is 5.01 Å². The van der Waals surface area contributed by atoms with Crippen LogP contribution in [0.1, 0.15) is 25.7 Å². The summed E-state index contributed by atoms with van der Waals surface area (Å²) in [6.07, 6.45) is 4.24. The van der Waals surface area contributed by atoms with E-state index in [9.17, 15) is 4.79 Å². The summed E-state index contributed by atoms with van der Waals surface area (Å²) >= 11 is 3.42. The van der Waals surface area contributed by atoms with E-state index in [1.54, 1.807) is 5.01 Å². The van der Waals surface area contributed by atoms with Gasteiger partial charge in [0.2, 0.25) is 0 Å². The molecule has 2 aliphatic rings. The Morgan fingerprint density at radius 3 is 3.00 bits per heavy atom. The van der Waals surface area contributed by atoms with E-state index in [1.807, 2.05) is 24.3 Å². The Hall–Kier alpha value is -1.16. The van der Waals surface area contributed by atoms with Gasteiger partial charge in [0.05, 0.1) is 17.3 Å². The second kappa shape index (κ2) is 4.26. The summed E-state index contributed by atoms with van der Waals surface area (Å²) in [6.45, 7) is 0. The van der Waals surface area contributed by atoms with Crippen LogP contribution in [0, 0.1) is 5.92 Å². The molecule has 0 bridgehead atoms. The number of fused-ring (bicyclic) bond motifs is 1. The van der Waals surface area contributed by atoms with Gasteiger partial charge in [0.25, 0.3) is 5.91 Å². The first kappa shape index (κ1) is 11.0. The smallest absolute Gasteiger partial charge is 0.256 e. The zero-order chi connectivity index (χ0) is 11.8. The van der Waals surface area contributed by atoms with E-state index in [1.165, 1.54) is 0 Å². The minimum Gasteiger partial charge on any atom is -0.272 e. The molecule has 17 heavy (non-hydrogen) atoms. The molecule has 1 aromatic carbocycles. The van der Waals surface area contributed by atoms with Gasteiger partial charge in [-0.2, -0.15) is 5.10 Å². The zero-order valence-electron chi connectivity index (χ0n) is 9.40. The third-order valence-electron chi connectivity index (χ3n) is 3.37. The number of hydrogen-bond acceptors (Lipinski definition) is 2. The second-order valence-corrected chi connectivity index (χ2v) is 5.44. The fourth-order valence-corrected chi connectivity index (χ4v) is 2.89. The largest absolute Gasteiger partial charge is 0.272 e. The van der Waals surface area contributed by atoms with E-state index in [2.05, 4.69) is 21.0 Å². The number of hydrogen-bond donors (Lipinski definition) is 0. The van der Waals surface area contributed by atoms with Gasteiger partial charge in [-0.15, -0.1) is 0 Å². The Balaban J connectivity index is 1.94. The van der Waals surface area contributed by atoms with Crippen LogP contribution in [-0.4, -0.2) is 11.6 Å². The van der Waals surface area contributed by atoms with E-state index in [4.69, 9.17) is 0 Å². The third-order valence-corrected chi connectivity index (χ3v) is 3.86. The zero-order valence-corrected chi connectivity index (χ0v) is 11.0. The van der Waals surface area contributed by atoms with Crippen LogP contribution in [0.2, 0.25) is 0 Å². The first-order chi connectivity index (χ1) is 8.25. The average Bonchev–Trinajstić information content (AvgIpc) is 2.68. The molecular weight excluding hydrogens is 280 g/mol. The molecule has 0 aromatic heterocycles. The summed E-state index contributed by atoms with van der Waals surface area (Å²) in [4.78, 5) is 12.2. The van der Waals surface area contributed by atoms with Gasteiger partial charge >= 0.3 is 0 Å². The molecule has 3 nitrogen and oxygen atoms in total. The van der Waals surface area contributed by atoms with Gasteiger partial charge in [-0.3, -0.25) is 4.79 Å². The highest BCUT2D eigenvalue weighted by Gasteiger charge is 2.37. The minimum absolute atomic E-state index is 0.0442. The van der Waals surface area contributed by atoms with Gasteiger partial charge in [0.1, 0.15) is 0 Å². The molecule has 1 heterocycles. The van der Waals surface area contributed by atoms with Crippen molar-refractivity contribution in [3.05, 3.63) is 28.7 Å².